The molecule has 0 saturated carbocycles. The molecule has 8 heteroatoms. The van der Waals surface area contributed by atoms with Crippen LogP contribution >= 0.6 is 11.8 Å². The second kappa shape index (κ2) is 5.71. The first-order chi connectivity index (χ1) is 9.02. The highest BCUT2D eigenvalue weighted by Gasteiger charge is 2.38. The summed E-state index contributed by atoms with van der Waals surface area (Å²) in [6, 6.07) is 2.72. The van der Waals surface area contributed by atoms with Crippen LogP contribution in [0.2, 0.25) is 0 Å². The van der Waals surface area contributed by atoms with E-state index in [1.165, 1.54) is 0 Å². The van der Waals surface area contributed by atoms with E-state index >= 15 is 0 Å². The number of ether oxygens (including phenoxy) is 1. The molecule has 1 aromatic heterocycles. The molecule has 1 aliphatic rings. The SMILES string of the molecule is N#Cc1ncc(F)cc1O[C@H]1SC[C@@H](O)[C@H](O)[C@H]1O. The lowest BCUT2D eigenvalue weighted by Crippen LogP contribution is -2.50. The molecule has 2 heterocycles. The number of aliphatic hydroxyl groups is 3. The van der Waals surface area contributed by atoms with E-state index in [-0.39, 0.29) is 17.2 Å². The van der Waals surface area contributed by atoms with Gasteiger partial charge in [-0.2, -0.15) is 5.26 Å². The standard InChI is InChI=1S/C11H11FN2O4S/c12-5-1-8(6(2-13)14-3-5)18-11-10(17)9(16)7(15)4-19-11/h1,3,7,9-11,15-17H,4H2/t7-,9+,10-,11+/m1/s1. The number of aliphatic hydroxyl groups excluding tert-OH is 3. The summed E-state index contributed by atoms with van der Waals surface area (Å²) in [5.41, 5.74) is -1.02. The van der Waals surface area contributed by atoms with E-state index in [1.54, 1.807) is 6.07 Å². The van der Waals surface area contributed by atoms with E-state index in [9.17, 15) is 19.7 Å². The Morgan fingerprint density at radius 2 is 2.16 bits per heavy atom. The molecule has 102 valence electrons. The zero-order chi connectivity index (χ0) is 14.0. The first-order valence-electron chi connectivity index (χ1n) is 5.41. The smallest absolute Gasteiger partial charge is 0.182 e. The Kier molecular flexibility index (Phi) is 4.21. The number of nitrogens with zero attached hydrogens (tertiary/aromatic N) is 2. The second-order valence-corrected chi connectivity index (χ2v) is 5.11. The summed E-state index contributed by atoms with van der Waals surface area (Å²) in [4.78, 5) is 3.56. The van der Waals surface area contributed by atoms with Gasteiger partial charge in [0.15, 0.2) is 16.9 Å². The molecule has 1 fully saturated rings. The van der Waals surface area contributed by atoms with Gasteiger partial charge in [-0.1, -0.05) is 0 Å². The molecular weight excluding hydrogens is 275 g/mol. The predicted octanol–water partition coefficient (Wildman–Crippen LogP) is -0.373. The number of thioether (sulfide) groups is 1. The minimum Gasteiger partial charge on any atom is -0.474 e. The molecule has 3 N–H and O–H groups in total. The maximum atomic E-state index is 13.1. The fourth-order valence-electron chi connectivity index (χ4n) is 1.60. The van der Waals surface area contributed by atoms with E-state index in [0.717, 1.165) is 24.0 Å². The molecule has 0 unspecified atom stereocenters. The van der Waals surface area contributed by atoms with Gasteiger partial charge in [0.25, 0.3) is 0 Å². The lowest BCUT2D eigenvalue weighted by atomic mass is 10.1. The van der Waals surface area contributed by atoms with Crippen LogP contribution in [-0.2, 0) is 0 Å². The molecule has 1 aliphatic heterocycles. The number of nitriles is 1. The average Bonchev–Trinajstić information content (AvgIpc) is 2.40. The molecule has 0 bridgehead atoms. The van der Waals surface area contributed by atoms with E-state index < -0.39 is 29.6 Å². The van der Waals surface area contributed by atoms with Crippen molar-refractivity contribution in [3.63, 3.8) is 0 Å². The Labute approximate surface area is 112 Å². The van der Waals surface area contributed by atoms with Gasteiger partial charge in [-0.25, -0.2) is 9.37 Å². The van der Waals surface area contributed by atoms with Crippen LogP contribution in [-0.4, -0.2) is 49.8 Å². The fourth-order valence-corrected chi connectivity index (χ4v) is 2.72. The zero-order valence-electron chi connectivity index (χ0n) is 9.60. The van der Waals surface area contributed by atoms with E-state index in [0.29, 0.717) is 0 Å². The van der Waals surface area contributed by atoms with Crippen molar-refractivity contribution in [3.05, 3.63) is 23.8 Å². The molecule has 0 aliphatic carbocycles. The molecule has 0 spiro atoms. The maximum Gasteiger partial charge on any atom is 0.182 e. The number of hydrogen-bond donors (Lipinski definition) is 3. The molecule has 1 aromatic rings. The normalized spacial score (nSPS) is 30.7. The van der Waals surface area contributed by atoms with Gasteiger partial charge in [-0.3, -0.25) is 0 Å². The Morgan fingerprint density at radius 3 is 2.84 bits per heavy atom. The highest BCUT2D eigenvalue weighted by atomic mass is 32.2. The Hall–Kier alpha value is -1.40. The van der Waals surface area contributed by atoms with Crippen molar-refractivity contribution in [3.8, 4) is 11.8 Å². The van der Waals surface area contributed by atoms with Crippen LogP contribution in [0.25, 0.3) is 0 Å². The number of hydrogen-bond acceptors (Lipinski definition) is 7. The topological polar surface area (TPSA) is 107 Å². The molecule has 4 atom stereocenters. The van der Waals surface area contributed by atoms with Crippen LogP contribution in [0.3, 0.4) is 0 Å². The molecule has 0 aromatic carbocycles. The van der Waals surface area contributed by atoms with Crippen molar-refractivity contribution in [1.82, 2.24) is 4.98 Å². The summed E-state index contributed by atoms with van der Waals surface area (Å²) in [6.07, 6.45) is -2.86. The lowest BCUT2D eigenvalue weighted by Gasteiger charge is -2.34. The van der Waals surface area contributed by atoms with Gasteiger partial charge in [0, 0.05) is 11.8 Å². The molecular formula is C11H11FN2O4S. The molecule has 0 amide bonds. The first-order valence-corrected chi connectivity index (χ1v) is 6.46. The third-order valence-electron chi connectivity index (χ3n) is 2.62. The highest BCUT2D eigenvalue weighted by molar-refractivity contribution is 7.99. The summed E-state index contributed by atoms with van der Waals surface area (Å²) in [5, 5.41) is 37.5. The Bertz CT molecular complexity index is 510. The summed E-state index contributed by atoms with van der Waals surface area (Å²) in [5.74, 6) is -0.624. The molecule has 1 saturated heterocycles. The number of pyridine rings is 1. The van der Waals surface area contributed by atoms with Gasteiger partial charge in [-0.05, 0) is 0 Å². The Morgan fingerprint density at radius 1 is 1.42 bits per heavy atom. The van der Waals surface area contributed by atoms with Crippen molar-refractivity contribution < 1.29 is 24.4 Å². The van der Waals surface area contributed by atoms with Gasteiger partial charge in [0.05, 0.1) is 12.3 Å². The number of aromatic nitrogens is 1. The Balaban J connectivity index is 2.17. The van der Waals surface area contributed by atoms with Crippen molar-refractivity contribution in [2.75, 3.05) is 5.75 Å². The van der Waals surface area contributed by atoms with Crippen molar-refractivity contribution >= 4 is 11.8 Å². The summed E-state index contributed by atoms with van der Waals surface area (Å²) < 4.78 is 18.4. The minimum atomic E-state index is -1.35. The van der Waals surface area contributed by atoms with Gasteiger partial charge in [0.2, 0.25) is 0 Å². The third-order valence-corrected chi connectivity index (χ3v) is 3.86. The van der Waals surface area contributed by atoms with Crippen molar-refractivity contribution in [1.29, 1.82) is 5.26 Å². The monoisotopic (exact) mass is 286 g/mol. The molecule has 6 nitrogen and oxygen atoms in total. The average molecular weight is 286 g/mol. The maximum absolute atomic E-state index is 13.1. The summed E-state index contributed by atoms with van der Waals surface area (Å²) >= 11 is 1.06. The van der Waals surface area contributed by atoms with Gasteiger partial charge in [0.1, 0.15) is 24.1 Å². The second-order valence-electron chi connectivity index (χ2n) is 3.98. The van der Waals surface area contributed by atoms with Crippen LogP contribution < -0.4 is 4.74 Å². The minimum absolute atomic E-state index is 0.109. The van der Waals surface area contributed by atoms with Crippen molar-refractivity contribution in [2.24, 2.45) is 0 Å². The van der Waals surface area contributed by atoms with Crippen LogP contribution in [0.1, 0.15) is 5.69 Å². The first kappa shape index (κ1) is 14.0. The lowest BCUT2D eigenvalue weighted by molar-refractivity contribution is -0.0787. The number of rotatable bonds is 2. The quantitative estimate of drug-likeness (QED) is 0.680. The molecule has 2 rings (SSSR count). The van der Waals surface area contributed by atoms with E-state index in [2.05, 4.69) is 4.98 Å². The van der Waals surface area contributed by atoms with Crippen LogP contribution in [0.15, 0.2) is 12.3 Å². The zero-order valence-corrected chi connectivity index (χ0v) is 10.4. The van der Waals surface area contributed by atoms with Crippen molar-refractivity contribution in [2.45, 2.75) is 23.7 Å². The van der Waals surface area contributed by atoms with Crippen LogP contribution in [0.5, 0.6) is 5.75 Å². The van der Waals surface area contributed by atoms with Crippen LogP contribution in [0, 0.1) is 17.1 Å². The highest BCUT2D eigenvalue weighted by Crippen LogP contribution is 2.30. The van der Waals surface area contributed by atoms with E-state index in [4.69, 9.17) is 10.00 Å². The van der Waals surface area contributed by atoms with E-state index in [1.807, 2.05) is 0 Å². The third kappa shape index (κ3) is 2.96. The van der Waals surface area contributed by atoms with Crippen LogP contribution in [0.4, 0.5) is 4.39 Å². The van der Waals surface area contributed by atoms with Gasteiger partial charge in [-0.15, -0.1) is 11.8 Å². The summed E-state index contributed by atoms with van der Waals surface area (Å²) in [6.45, 7) is 0. The fraction of sp³-hybridized carbons (Fsp3) is 0.455. The van der Waals surface area contributed by atoms with Gasteiger partial charge >= 0.3 is 0 Å². The summed E-state index contributed by atoms with van der Waals surface area (Å²) in [7, 11) is 0. The largest absolute Gasteiger partial charge is 0.474 e. The molecule has 0 radical (unpaired) electrons. The van der Waals surface area contributed by atoms with Gasteiger partial charge < -0.3 is 20.1 Å². The number of halogens is 1. The molecule has 19 heavy (non-hydrogen) atoms. The predicted molar refractivity (Wildman–Crippen MR) is 63.8 cm³/mol.